The minimum Gasteiger partial charge on any atom is -0.489 e. The average Bonchev–Trinajstić information content (AvgIpc) is 3.05. The van der Waals surface area contributed by atoms with Crippen LogP contribution in [0.3, 0.4) is 0 Å². The van der Waals surface area contributed by atoms with Crippen LogP contribution >= 0.6 is 0 Å². The molecule has 5 heteroatoms. The van der Waals surface area contributed by atoms with E-state index in [0.29, 0.717) is 11.3 Å². The molecule has 1 amide bonds. The normalized spacial score (nSPS) is 20.4. The smallest absolute Gasteiger partial charge is 0.275 e. The van der Waals surface area contributed by atoms with Crippen LogP contribution in [0.15, 0.2) is 48.5 Å². The van der Waals surface area contributed by atoms with E-state index in [9.17, 15) is 9.18 Å². The second-order valence-electron chi connectivity index (χ2n) is 5.83. The SMILES string of the molecule is NC(=O)[C@@H]1CC[C@H](c2ccc(OCc3ccccc3F)cc2)[NH2+]1. The monoisotopic (exact) mass is 315 g/mol. The molecule has 0 saturated carbocycles. The van der Waals surface area contributed by atoms with Crippen molar-refractivity contribution in [2.24, 2.45) is 5.73 Å². The van der Waals surface area contributed by atoms with E-state index in [-0.39, 0.29) is 30.4 Å². The van der Waals surface area contributed by atoms with E-state index in [2.05, 4.69) is 0 Å². The van der Waals surface area contributed by atoms with Gasteiger partial charge in [0.05, 0.1) is 0 Å². The number of carbonyl (C=O) groups is 1. The van der Waals surface area contributed by atoms with Crippen molar-refractivity contribution in [3.05, 3.63) is 65.5 Å². The minimum absolute atomic E-state index is 0.128. The average molecular weight is 315 g/mol. The Bertz CT molecular complexity index is 688. The number of hydrogen-bond donors (Lipinski definition) is 2. The molecular weight excluding hydrogens is 295 g/mol. The van der Waals surface area contributed by atoms with Crippen LogP contribution in [0, 0.1) is 5.82 Å². The van der Waals surface area contributed by atoms with Gasteiger partial charge in [0.1, 0.15) is 24.2 Å². The lowest BCUT2D eigenvalue weighted by atomic mass is 10.1. The molecule has 0 radical (unpaired) electrons. The van der Waals surface area contributed by atoms with E-state index >= 15 is 0 Å². The standard InChI is InChI=1S/C18H19FN2O2/c19-15-4-2-1-3-13(15)11-23-14-7-5-12(6-8-14)16-9-10-17(21-16)18(20)22/h1-8,16-17,21H,9-11H2,(H2,20,22)/p+1/t16-,17+/m1/s1. The third kappa shape index (κ3) is 3.68. The molecule has 120 valence electrons. The number of ether oxygens (including phenoxy) is 1. The summed E-state index contributed by atoms with van der Waals surface area (Å²) in [4.78, 5) is 11.2. The zero-order chi connectivity index (χ0) is 16.2. The number of hydrogen-bond acceptors (Lipinski definition) is 2. The van der Waals surface area contributed by atoms with Crippen molar-refractivity contribution in [1.82, 2.24) is 0 Å². The summed E-state index contributed by atoms with van der Waals surface area (Å²) in [6.07, 6.45) is 1.74. The van der Waals surface area contributed by atoms with Gasteiger partial charge in [-0.2, -0.15) is 0 Å². The Labute approximate surface area is 134 Å². The Hall–Kier alpha value is -2.40. The first-order valence-corrected chi connectivity index (χ1v) is 7.74. The van der Waals surface area contributed by atoms with Gasteiger partial charge in [0.2, 0.25) is 0 Å². The summed E-state index contributed by atoms with van der Waals surface area (Å²) in [7, 11) is 0. The molecule has 0 spiro atoms. The summed E-state index contributed by atoms with van der Waals surface area (Å²) >= 11 is 0. The van der Waals surface area contributed by atoms with Crippen molar-refractivity contribution >= 4 is 5.91 Å². The Balaban J connectivity index is 1.59. The van der Waals surface area contributed by atoms with Crippen molar-refractivity contribution in [3.8, 4) is 5.75 Å². The highest BCUT2D eigenvalue weighted by molar-refractivity contribution is 5.78. The Morgan fingerprint density at radius 1 is 1.17 bits per heavy atom. The molecule has 2 atom stereocenters. The van der Waals surface area contributed by atoms with Gasteiger partial charge in [-0.05, 0) is 30.3 Å². The zero-order valence-electron chi connectivity index (χ0n) is 12.7. The Morgan fingerprint density at radius 2 is 1.91 bits per heavy atom. The first-order chi connectivity index (χ1) is 11.1. The minimum atomic E-state index is -0.262. The van der Waals surface area contributed by atoms with Crippen molar-refractivity contribution in [1.29, 1.82) is 0 Å². The number of benzene rings is 2. The van der Waals surface area contributed by atoms with Gasteiger partial charge < -0.3 is 15.8 Å². The predicted molar refractivity (Wildman–Crippen MR) is 84.1 cm³/mol. The van der Waals surface area contributed by atoms with Gasteiger partial charge in [-0.25, -0.2) is 4.39 Å². The van der Waals surface area contributed by atoms with Crippen molar-refractivity contribution < 1.29 is 19.2 Å². The molecule has 1 aliphatic rings. The van der Waals surface area contributed by atoms with E-state index in [1.165, 1.54) is 6.07 Å². The molecular formula is C18H20FN2O2+. The number of amides is 1. The molecule has 2 aromatic carbocycles. The summed E-state index contributed by atoms with van der Waals surface area (Å²) in [5, 5.41) is 2.03. The largest absolute Gasteiger partial charge is 0.489 e. The van der Waals surface area contributed by atoms with Crippen molar-refractivity contribution in [2.75, 3.05) is 0 Å². The molecule has 4 nitrogen and oxygen atoms in total. The number of quaternary nitrogens is 1. The Morgan fingerprint density at radius 3 is 2.57 bits per heavy atom. The van der Waals surface area contributed by atoms with Crippen LogP contribution in [0.25, 0.3) is 0 Å². The third-order valence-corrected chi connectivity index (χ3v) is 4.28. The van der Waals surface area contributed by atoms with Crippen LogP contribution in [-0.4, -0.2) is 11.9 Å². The van der Waals surface area contributed by atoms with Crippen LogP contribution in [-0.2, 0) is 11.4 Å². The van der Waals surface area contributed by atoms with E-state index in [4.69, 9.17) is 10.5 Å². The van der Waals surface area contributed by atoms with E-state index in [0.717, 1.165) is 18.4 Å². The summed E-state index contributed by atoms with van der Waals surface area (Å²) in [6, 6.07) is 14.4. The van der Waals surface area contributed by atoms with Gasteiger partial charge >= 0.3 is 0 Å². The number of carbonyl (C=O) groups excluding carboxylic acids is 1. The van der Waals surface area contributed by atoms with Crippen LogP contribution in [0.1, 0.15) is 30.0 Å². The molecule has 0 bridgehead atoms. The van der Waals surface area contributed by atoms with Crippen LogP contribution < -0.4 is 15.8 Å². The first kappa shape index (κ1) is 15.5. The van der Waals surface area contributed by atoms with Gasteiger partial charge in [0.15, 0.2) is 6.04 Å². The molecule has 0 aliphatic carbocycles. The molecule has 1 fully saturated rings. The van der Waals surface area contributed by atoms with Crippen molar-refractivity contribution in [2.45, 2.75) is 31.5 Å². The number of rotatable bonds is 5. The highest BCUT2D eigenvalue weighted by Gasteiger charge is 2.32. The van der Waals surface area contributed by atoms with Crippen molar-refractivity contribution in [3.63, 3.8) is 0 Å². The molecule has 1 saturated heterocycles. The molecule has 3 rings (SSSR count). The topological polar surface area (TPSA) is 68.9 Å². The van der Waals surface area contributed by atoms with Crippen LogP contribution in [0.5, 0.6) is 5.75 Å². The number of primary amides is 1. The Kier molecular flexibility index (Phi) is 4.57. The molecule has 1 aliphatic heterocycles. The van der Waals surface area contributed by atoms with E-state index in [1.54, 1.807) is 18.2 Å². The first-order valence-electron chi connectivity index (χ1n) is 7.74. The zero-order valence-corrected chi connectivity index (χ0v) is 12.7. The van der Waals surface area contributed by atoms with Crippen LogP contribution in [0.2, 0.25) is 0 Å². The lowest BCUT2D eigenvalue weighted by molar-refractivity contribution is -0.695. The van der Waals surface area contributed by atoms with E-state index in [1.807, 2.05) is 29.6 Å². The summed E-state index contributed by atoms with van der Waals surface area (Å²) in [6.45, 7) is 0.200. The fourth-order valence-corrected chi connectivity index (χ4v) is 2.93. The second kappa shape index (κ2) is 6.79. The second-order valence-corrected chi connectivity index (χ2v) is 5.83. The third-order valence-electron chi connectivity index (χ3n) is 4.28. The fourth-order valence-electron chi connectivity index (χ4n) is 2.93. The van der Waals surface area contributed by atoms with Gasteiger partial charge in [-0.15, -0.1) is 0 Å². The maximum absolute atomic E-state index is 13.5. The molecule has 2 aromatic rings. The molecule has 0 unspecified atom stereocenters. The molecule has 23 heavy (non-hydrogen) atoms. The highest BCUT2D eigenvalue weighted by Crippen LogP contribution is 2.23. The summed E-state index contributed by atoms with van der Waals surface area (Å²) < 4.78 is 19.2. The van der Waals surface area contributed by atoms with E-state index < -0.39 is 0 Å². The maximum atomic E-state index is 13.5. The quantitative estimate of drug-likeness (QED) is 0.881. The van der Waals surface area contributed by atoms with Gasteiger partial charge in [-0.3, -0.25) is 4.79 Å². The predicted octanol–water partition coefficient (Wildman–Crippen LogP) is 1.66. The molecule has 1 heterocycles. The highest BCUT2D eigenvalue weighted by atomic mass is 19.1. The van der Waals surface area contributed by atoms with Gasteiger partial charge in [-0.1, -0.05) is 18.2 Å². The van der Waals surface area contributed by atoms with Gasteiger partial charge in [0.25, 0.3) is 5.91 Å². The lowest BCUT2D eigenvalue weighted by Gasteiger charge is -2.11. The maximum Gasteiger partial charge on any atom is 0.275 e. The lowest BCUT2D eigenvalue weighted by Crippen LogP contribution is -2.89. The fraction of sp³-hybridized carbons (Fsp3) is 0.278. The molecule has 4 N–H and O–H groups in total. The van der Waals surface area contributed by atoms with Gasteiger partial charge in [0, 0.05) is 24.0 Å². The summed E-state index contributed by atoms with van der Waals surface area (Å²) in [5.41, 5.74) is 7.03. The number of halogens is 1. The van der Waals surface area contributed by atoms with Crippen LogP contribution in [0.4, 0.5) is 4.39 Å². The summed E-state index contributed by atoms with van der Waals surface area (Å²) in [5.74, 6) is 0.181. The number of nitrogens with two attached hydrogens (primary N) is 2. The molecule has 0 aromatic heterocycles.